The summed E-state index contributed by atoms with van der Waals surface area (Å²) in [6.45, 7) is 7.86. The first-order chi connectivity index (χ1) is 10.1. The molecule has 1 unspecified atom stereocenters. The number of rotatable bonds is 6. The molecule has 1 saturated carbocycles. The molecule has 1 N–H and O–H groups in total. The van der Waals surface area contributed by atoms with Crippen molar-refractivity contribution in [2.45, 2.75) is 71.4 Å². The van der Waals surface area contributed by atoms with Crippen molar-refractivity contribution < 1.29 is 0 Å². The van der Waals surface area contributed by atoms with Crippen molar-refractivity contribution in [3.05, 3.63) is 10.6 Å². The van der Waals surface area contributed by atoms with Gasteiger partial charge in [0.2, 0.25) is 0 Å². The highest BCUT2D eigenvalue weighted by Crippen LogP contribution is 2.35. The van der Waals surface area contributed by atoms with Crippen molar-refractivity contribution >= 4 is 16.5 Å². The molecule has 21 heavy (non-hydrogen) atoms. The lowest BCUT2D eigenvalue weighted by Crippen LogP contribution is -2.34. The maximum atomic E-state index is 5.00. The second-order valence-corrected chi connectivity index (χ2v) is 7.73. The predicted molar refractivity (Wildman–Crippen MR) is 93.4 cm³/mol. The van der Waals surface area contributed by atoms with E-state index >= 15 is 0 Å². The Morgan fingerprint density at radius 3 is 2.57 bits per heavy atom. The molecule has 1 heterocycles. The van der Waals surface area contributed by atoms with Gasteiger partial charge < -0.3 is 10.2 Å². The summed E-state index contributed by atoms with van der Waals surface area (Å²) in [6, 6.07) is 0.680. The Kier molecular flexibility index (Phi) is 6.06. The van der Waals surface area contributed by atoms with E-state index in [1.807, 2.05) is 18.4 Å². The van der Waals surface area contributed by atoms with Crippen molar-refractivity contribution in [3.8, 4) is 0 Å². The minimum atomic E-state index is 0.554. The van der Waals surface area contributed by atoms with Crippen molar-refractivity contribution in [1.29, 1.82) is 0 Å². The van der Waals surface area contributed by atoms with Gasteiger partial charge in [-0.15, -0.1) is 11.3 Å². The van der Waals surface area contributed by atoms with Gasteiger partial charge in [-0.3, -0.25) is 0 Å². The molecule has 2 rings (SSSR count). The Morgan fingerprint density at radius 2 is 2.00 bits per heavy atom. The average molecular weight is 310 g/mol. The SMILES string of the molecule is CCC(C)c1nc(N(C)C2CCC(C)CC2)sc1CNC. The third-order valence-electron chi connectivity index (χ3n) is 4.97. The normalized spacial score (nSPS) is 24.0. The standard InChI is InChI=1S/C17H31N3S/c1-6-13(3)16-15(11-18-4)21-17(19-16)20(5)14-9-7-12(2)8-10-14/h12-14,18H,6-11H2,1-5H3. The molecule has 0 spiro atoms. The van der Waals surface area contributed by atoms with Gasteiger partial charge in [0.25, 0.3) is 0 Å². The van der Waals surface area contributed by atoms with Crippen LogP contribution in [0.4, 0.5) is 5.13 Å². The largest absolute Gasteiger partial charge is 0.348 e. The van der Waals surface area contributed by atoms with Crippen LogP contribution in [0.5, 0.6) is 0 Å². The average Bonchev–Trinajstić information content (AvgIpc) is 2.91. The number of anilines is 1. The van der Waals surface area contributed by atoms with Gasteiger partial charge in [-0.1, -0.05) is 20.8 Å². The van der Waals surface area contributed by atoms with Crippen LogP contribution < -0.4 is 10.2 Å². The molecule has 0 aromatic carbocycles. The molecule has 1 atom stereocenters. The van der Waals surface area contributed by atoms with Crippen LogP contribution in [-0.2, 0) is 6.54 Å². The molecule has 0 radical (unpaired) electrons. The second kappa shape index (κ2) is 7.59. The van der Waals surface area contributed by atoms with Gasteiger partial charge in [0.15, 0.2) is 5.13 Å². The summed E-state index contributed by atoms with van der Waals surface area (Å²) in [5.41, 5.74) is 1.31. The summed E-state index contributed by atoms with van der Waals surface area (Å²) in [5.74, 6) is 1.46. The van der Waals surface area contributed by atoms with Crippen LogP contribution in [0, 0.1) is 5.92 Å². The van der Waals surface area contributed by atoms with Crippen LogP contribution in [0.1, 0.15) is 69.4 Å². The van der Waals surface area contributed by atoms with Crippen LogP contribution in [0.3, 0.4) is 0 Å². The minimum Gasteiger partial charge on any atom is -0.348 e. The highest BCUT2D eigenvalue weighted by atomic mass is 32.1. The number of aromatic nitrogens is 1. The van der Waals surface area contributed by atoms with Crippen molar-refractivity contribution in [3.63, 3.8) is 0 Å². The molecule has 1 fully saturated rings. The Morgan fingerprint density at radius 1 is 1.33 bits per heavy atom. The summed E-state index contributed by atoms with van der Waals surface area (Å²) in [7, 11) is 4.26. The molecule has 120 valence electrons. The fourth-order valence-electron chi connectivity index (χ4n) is 3.15. The number of nitrogens with zero attached hydrogens (tertiary/aromatic N) is 2. The second-order valence-electron chi connectivity index (χ2n) is 6.67. The van der Waals surface area contributed by atoms with Gasteiger partial charge in [0, 0.05) is 24.5 Å². The first kappa shape index (κ1) is 16.8. The van der Waals surface area contributed by atoms with Crippen LogP contribution in [0.25, 0.3) is 0 Å². The summed E-state index contributed by atoms with van der Waals surface area (Å²) in [5, 5.41) is 4.51. The first-order valence-corrected chi connectivity index (χ1v) is 9.25. The van der Waals surface area contributed by atoms with Gasteiger partial charge in [0.1, 0.15) is 0 Å². The van der Waals surface area contributed by atoms with Crippen LogP contribution >= 0.6 is 11.3 Å². The van der Waals surface area contributed by atoms with Crippen molar-refractivity contribution in [2.24, 2.45) is 5.92 Å². The number of thiazole rings is 1. The van der Waals surface area contributed by atoms with Crippen LogP contribution in [-0.4, -0.2) is 25.1 Å². The monoisotopic (exact) mass is 309 g/mol. The zero-order valence-electron chi connectivity index (χ0n) is 14.3. The van der Waals surface area contributed by atoms with E-state index in [-0.39, 0.29) is 0 Å². The molecule has 0 aliphatic heterocycles. The first-order valence-electron chi connectivity index (χ1n) is 8.43. The van der Waals surface area contributed by atoms with Crippen molar-refractivity contribution in [2.75, 3.05) is 19.0 Å². The highest BCUT2D eigenvalue weighted by molar-refractivity contribution is 7.15. The lowest BCUT2D eigenvalue weighted by molar-refractivity contribution is 0.340. The third kappa shape index (κ3) is 3.98. The van der Waals surface area contributed by atoms with E-state index in [0.717, 1.165) is 18.9 Å². The zero-order valence-corrected chi connectivity index (χ0v) is 15.1. The third-order valence-corrected chi connectivity index (χ3v) is 6.13. The molecule has 3 nitrogen and oxygen atoms in total. The maximum absolute atomic E-state index is 5.00. The molecule has 0 bridgehead atoms. The molecular weight excluding hydrogens is 278 g/mol. The van der Waals surface area contributed by atoms with Crippen LogP contribution in [0.15, 0.2) is 0 Å². The van der Waals surface area contributed by atoms with Gasteiger partial charge in [-0.05, 0) is 51.0 Å². The maximum Gasteiger partial charge on any atom is 0.185 e. The fraction of sp³-hybridized carbons (Fsp3) is 0.824. The zero-order chi connectivity index (χ0) is 15.4. The fourth-order valence-corrected chi connectivity index (χ4v) is 4.38. The van der Waals surface area contributed by atoms with Crippen molar-refractivity contribution in [1.82, 2.24) is 10.3 Å². The van der Waals surface area contributed by atoms with E-state index < -0.39 is 0 Å². The molecule has 1 aromatic rings. The van der Waals surface area contributed by atoms with E-state index in [2.05, 4.69) is 38.0 Å². The Hall–Kier alpha value is -0.610. The van der Waals surface area contributed by atoms with E-state index in [0.29, 0.717) is 12.0 Å². The Labute approximate surface area is 134 Å². The van der Waals surface area contributed by atoms with E-state index in [9.17, 15) is 0 Å². The van der Waals surface area contributed by atoms with E-state index in [1.54, 1.807) is 0 Å². The predicted octanol–water partition coefficient (Wildman–Crippen LogP) is 4.39. The molecule has 1 aromatic heterocycles. The minimum absolute atomic E-state index is 0.554. The number of hydrogen-bond donors (Lipinski definition) is 1. The lowest BCUT2D eigenvalue weighted by atomic mass is 9.87. The molecule has 0 amide bonds. The van der Waals surface area contributed by atoms with E-state index in [4.69, 9.17) is 4.98 Å². The summed E-state index contributed by atoms with van der Waals surface area (Å²) in [6.07, 6.45) is 6.52. The van der Waals surface area contributed by atoms with Gasteiger partial charge >= 0.3 is 0 Å². The molecule has 0 saturated heterocycles. The number of hydrogen-bond acceptors (Lipinski definition) is 4. The van der Waals surface area contributed by atoms with Gasteiger partial charge in [-0.25, -0.2) is 4.98 Å². The Bertz CT molecular complexity index is 435. The number of nitrogens with one attached hydrogen (secondary N) is 1. The molecule has 1 aliphatic carbocycles. The van der Waals surface area contributed by atoms with Gasteiger partial charge in [-0.2, -0.15) is 0 Å². The van der Waals surface area contributed by atoms with E-state index in [1.165, 1.54) is 41.4 Å². The van der Waals surface area contributed by atoms with Gasteiger partial charge in [0.05, 0.1) is 5.69 Å². The lowest BCUT2D eigenvalue weighted by Gasteiger charge is -2.33. The molecule has 4 heteroatoms. The topological polar surface area (TPSA) is 28.2 Å². The highest BCUT2D eigenvalue weighted by Gasteiger charge is 2.25. The summed E-state index contributed by atoms with van der Waals surface area (Å²) in [4.78, 5) is 8.86. The molecular formula is C17H31N3S. The smallest absolute Gasteiger partial charge is 0.185 e. The van der Waals surface area contributed by atoms with Crippen LogP contribution in [0.2, 0.25) is 0 Å². The molecule has 1 aliphatic rings. The summed E-state index contributed by atoms with van der Waals surface area (Å²) >= 11 is 1.88. The quantitative estimate of drug-likeness (QED) is 0.844. The Balaban J connectivity index is 2.15. The summed E-state index contributed by atoms with van der Waals surface area (Å²) < 4.78 is 0.